The molecule has 1 aromatic heterocycles. The van der Waals surface area contributed by atoms with Crippen molar-refractivity contribution in [3.05, 3.63) is 90.3 Å². The first-order chi connectivity index (χ1) is 15.5. The summed E-state index contributed by atoms with van der Waals surface area (Å²) in [5.41, 5.74) is 7.24. The molecule has 1 aliphatic rings. The van der Waals surface area contributed by atoms with E-state index < -0.39 is 23.2 Å². The number of nitrogens with two attached hydrogens (primary N) is 1. The van der Waals surface area contributed by atoms with E-state index in [1.807, 2.05) is 60.7 Å². The maximum atomic E-state index is 15.0. The highest BCUT2D eigenvalue weighted by Crippen LogP contribution is 2.35. The van der Waals surface area contributed by atoms with Gasteiger partial charge in [0.1, 0.15) is 22.6 Å². The van der Waals surface area contributed by atoms with Crippen molar-refractivity contribution in [3.63, 3.8) is 0 Å². The van der Waals surface area contributed by atoms with Crippen molar-refractivity contribution in [1.29, 1.82) is 0 Å². The van der Waals surface area contributed by atoms with Crippen molar-refractivity contribution in [3.8, 4) is 11.3 Å². The van der Waals surface area contributed by atoms with Gasteiger partial charge < -0.3 is 10.5 Å². The highest BCUT2D eigenvalue weighted by atomic mass is 19.1. The Kier molecular flexibility index (Phi) is 4.87. The molecule has 0 saturated heterocycles. The monoisotopic (exact) mass is 427 g/mol. The SMILES string of the molecule is COC1(Cc2cc(F)c3[nH]nc(-c4ccc5ccccc5c4)c3c2)C=CC=CC1C(N)=O. The molecule has 3 aromatic carbocycles. The van der Waals surface area contributed by atoms with Crippen LogP contribution in [0.2, 0.25) is 0 Å². The summed E-state index contributed by atoms with van der Waals surface area (Å²) in [5, 5.41) is 10.1. The molecule has 2 unspecified atom stereocenters. The highest BCUT2D eigenvalue weighted by molar-refractivity contribution is 5.96. The molecular weight excluding hydrogens is 405 g/mol. The van der Waals surface area contributed by atoms with Crippen LogP contribution in [0.3, 0.4) is 0 Å². The lowest BCUT2D eigenvalue weighted by Crippen LogP contribution is -2.47. The first-order valence-electron chi connectivity index (χ1n) is 10.4. The summed E-state index contributed by atoms with van der Waals surface area (Å²) in [6, 6.07) is 17.5. The van der Waals surface area contributed by atoms with Gasteiger partial charge in [-0.25, -0.2) is 4.39 Å². The number of nitrogens with one attached hydrogen (secondary N) is 1. The first kappa shape index (κ1) is 20.2. The standard InChI is InChI=1S/C26H22FN3O2/c1-32-26(11-5-4-8-21(26)25(28)31)15-16-12-20-23(29-30-24(20)22(27)13-16)19-10-9-17-6-2-3-7-18(17)14-19/h2-14,21H,15H2,1H3,(H2,28,31)(H,29,30). The number of halogens is 1. The average molecular weight is 427 g/mol. The van der Waals surface area contributed by atoms with E-state index in [4.69, 9.17) is 10.5 Å². The fraction of sp³-hybridized carbons (Fsp3) is 0.154. The number of hydrogen-bond acceptors (Lipinski definition) is 3. The van der Waals surface area contributed by atoms with Gasteiger partial charge in [-0.3, -0.25) is 9.89 Å². The molecule has 0 aliphatic heterocycles. The van der Waals surface area contributed by atoms with Gasteiger partial charge in [0.05, 0.1) is 5.92 Å². The van der Waals surface area contributed by atoms with Crippen LogP contribution in [-0.4, -0.2) is 28.8 Å². The zero-order valence-corrected chi connectivity index (χ0v) is 17.5. The number of H-pyrrole nitrogens is 1. The van der Waals surface area contributed by atoms with Gasteiger partial charge in [0.15, 0.2) is 0 Å². The Bertz CT molecular complexity index is 1400. The largest absolute Gasteiger partial charge is 0.373 e. The van der Waals surface area contributed by atoms with Crippen LogP contribution in [0.4, 0.5) is 4.39 Å². The Morgan fingerprint density at radius 2 is 1.97 bits per heavy atom. The molecular formula is C26H22FN3O2. The van der Waals surface area contributed by atoms with Crippen LogP contribution >= 0.6 is 0 Å². The van der Waals surface area contributed by atoms with Gasteiger partial charge >= 0.3 is 0 Å². The van der Waals surface area contributed by atoms with E-state index in [-0.39, 0.29) is 6.42 Å². The van der Waals surface area contributed by atoms with E-state index in [1.54, 1.807) is 12.2 Å². The number of ether oxygens (including phenoxy) is 1. The maximum absolute atomic E-state index is 15.0. The molecule has 6 heteroatoms. The van der Waals surface area contributed by atoms with Gasteiger partial charge in [-0.2, -0.15) is 5.10 Å². The van der Waals surface area contributed by atoms with Crippen LogP contribution in [-0.2, 0) is 16.0 Å². The minimum atomic E-state index is -0.979. The predicted octanol–water partition coefficient (Wildman–Crippen LogP) is 4.68. The zero-order valence-electron chi connectivity index (χ0n) is 17.5. The number of methoxy groups -OCH3 is 1. The van der Waals surface area contributed by atoms with Crippen molar-refractivity contribution in [2.75, 3.05) is 7.11 Å². The second kappa shape index (κ2) is 7.73. The quantitative estimate of drug-likeness (QED) is 0.485. The molecule has 1 heterocycles. The summed E-state index contributed by atoms with van der Waals surface area (Å²) in [7, 11) is 1.53. The molecule has 2 atom stereocenters. The Morgan fingerprint density at radius 1 is 1.16 bits per heavy atom. The molecule has 0 spiro atoms. The number of aromatic amines is 1. The zero-order chi connectivity index (χ0) is 22.3. The van der Waals surface area contributed by atoms with Crippen molar-refractivity contribution in [2.45, 2.75) is 12.0 Å². The molecule has 0 bridgehead atoms. The Labute approximate surface area is 184 Å². The molecule has 5 rings (SSSR count). The van der Waals surface area contributed by atoms with Crippen LogP contribution in [0.25, 0.3) is 32.9 Å². The lowest BCUT2D eigenvalue weighted by Gasteiger charge is -2.35. The molecule has 0 radical (unpaired) electrons. The van der Waals surface area contributed by atoms with Crippen molar-refractivity contribution >= 4 is 27.6 Å². The summed E-state index contributed by atoms with van der Waals surface area (Å²) < 4.78 is 20.8. The Hall–Kier alpha value is -3.77. The number of fused-ring (bicyclic) bond motifs is 2. The fourth-order valence-electron chi connectivity index (χ4n) is 4.54. The van der Waals surface area contributed by atoms with Gasteiger partial charge in [0, 0.05) is 24.5 Å². The maximum Gasteiger partial charge on any atom is 0.227 e. The molecule has 5 nitrogen and oxygen atoms in total. The van der Waals surface area contributed by atoms with Gasteiger partial charge in [0.25, 0.3) is 0 Å². The second-order valence-corrected chi connectivity index (χ2v) is 8.09. The van der Waals surface area contributed by atoms with E-state index in [2.05, 4.69) is 10.2 Å². The van der Waals surface area contributed by atoms with Gasteiger partial charge in [-0.15, -0.1) is 0 Å². The number of benzene rings is 3. The minimum Gasteiger partial charge on any atom is -0.373 e. The lowest BCUT2D eigenvalue weighted by molar-refractivity contribution is -0.127. The van der Waals surface area contributed by atoms with Gasteiger partial charge in [0.2, 0.25) is 5.91 Å². The average Bonchev–Trinajstić information content (AvgIpc) is 3.23. The van der Waals surface area contributed by atoms with E-state index in [0.717, 1.165) is 16.3 Å². The summed E-state index contributed by atoms with van der Waals surface area (Å²) in [4.78, 5) is 12.1. The van der Waals surface area contributed by atoms with Crippen molar-refractivity contribution < 1.29 is 13.9 Å². The lowest BCUT2D eigenvalue weighted by atomic mass is 9.78. The minimum absolute atomic E-state index is 0.285. The number of hydrogen-bond donors (Lipinski definition) is 2. The van der Waals surface area contributed by atoms with Crippen LogP contribution < -0.4 is 5.73 Å². The van der Waals surface area contributed by atoms with Crippen LogP contribution in [0, 0.1) is 11.7 Å². The number of allylic oxidation sites excluding steroid dienone is 2. The second-order valence-electron chi connectivity index (χ2n) is 8.09. The summed E-state index contributed by atoms with van der Waals surface area (Å²) >= 11 is 0. The van der Waals surface area contributed by atoms with Gasteiger partial charge in [-0.05, 0) is 34.5 Å². The smallest absolute Gasteiger partial charge is 0.227 e. The third kappa shape index (κ3) is 3.29. The number of nitrogens with zero attached hydrogens (tertiary/aromatic N) is 1. The number of carbonyl (C=O) groups is 1. The molecule has 0 fully saturated rings. The van der Waals surface area contributed by atoms with E-state index in [0.29, 0.717) is 22.2 Å². The van der Waals surface area contributed by atoms with Crippen molar-refractivity contribution in [1.82, 2.24) is 10.2 Å². The molecule has 1 aliphatic carbocycles. The Balaban J connectivity index is 1.60. The third-order valence-electron chi connectivity index (χ3n) is 6.19. The summed E-state index contributed by atoms with van der Waals surface area (Å²) in [6.45, 7) is 0. The highest BCUT2D eigenvalue weighted by Gasteiger charge is 2.40. The predicted molar refractivity (Wildman–Crippen MR) is 123 cm³/mol. The van der Waals surface area contributed by atoms with Crippen LogP contribution in [0.5, 0.6) is 0 Å². The van der Waals surface area contributed by atoms with E-state index in [9.17, 15) is 4.79 Å². The number of aromatic nitrogens is 2. The van der Waals surface area contributed by atoms with Gasteiger partial charge in [-0.1, -0.05) is 60.7 Å². The van der Waals surface area contributed by atoms with Crippen molar-refractivity contribution in [2.24, 2.45) is 11.7 Å². The fourth-order valence-corrected chi connectivity index (χ4v) is 4.54. The molecule has 0 saturated carbocycles. The normalized spacial score (nSPS) is 20.2. The topological polar surface area (TPSA) is 81.0 Å². The molecule has 160 valence electrons. The number of amides is 1. The molecule has 4 aromatic rings. The number of carbonyl (C=O) groups excluding carboxylic acids is 1. The van der Waals surface area contributed by atoms with E-state index in [1.165, 1.54) is 13.2 Å². The molecule has 3 N–H and O–H groups in total. The van der Waals surface area contributed by atoms with Crippen LogP contribution in [0.1, 0.15) is 5.56 Å². The molecule has 1 amide bonds. The molecule has 32 heavy (non-hydrogen) atoms. The summed E-state index contributed by atoms with van der Waals surface area (Å²) in [5.74, 6) is -1.55. The Morgan fingerprint density at radius 3 is 2.75 bits per heavy atom. The third-order valence-corrected chi connectivity index (χ3v) is 6.19. The van der Waals surface area contributed by atoms with Crippen LogP contribution in [0.15, 0.2) is 78.9 Å². The summed E-state index contributed by atoms with van der Waals surface area (Å²) in [6.07, 6.45) is 7.40. The number of primary amides is 1. The van der Waals surface area contributed by atoms with E-state index >= 15 is 4.39 Å². The first-order valence-corrected chi connectivity index (χ1v) is 10.4. The number of rotatable bonds is 5.